The van der Waals surface area contributed by atoms with E-state index in [0.29, 0.717) is 46.1 Å². The summed E-state index contributed by atoms with van der Waals surface area (Å²) in [6.45, 7) is 1.10. The number of likely N-dealkylation sites (N-methyl/N-ethyl adjacent to an activating group) is 1. The summed E-state index contributed by atoms with van der Waals surface area (Å²) in [4.78, 5) is 43.2. The number of hydrogen-bond donors (Lipinski definition) is 1. The number of pyridine rings is 1. The van der Waals surface area contributed by atoms with Gasteiger partial charge in [0.05, 0.1) is 17.4 Å². The standard InChI is InChI=1S/C23H19ClN6O3/c1-28-8-9-29(13-21(28)31)23(33)14-3-6-17(7-4-14)30-12-20(26-27-30)18-10-15-2-5-16(24)11-19(15)25-22(18)32/h2-7,10-12H,8-9,13H2,1H3,(H,25,32). The average molecular weight is 463 g/mol. The molecule has 10 heteroatoms. The van der Waals surface area contributed by atoms with Gasteiger partial charge < -0.3 is 14.8 Å². The van der Waals surface area contributed by atoms with Crippen molar-refractivity contribution >= 4 is 34.3 Å². The van der Waals surface area contributed by atoms with Crippen molar-refractivity contribution in [1.29, 1.82) is 0 Å². The molecule has 2 amide bonds. The molecule has 0 atom stereocenters. The Morgan fingerprint density at radius 1 is 1.06 bits per heavy atom. The van der Waals surface area contributed by atoms with Crippen LogP contribution in [0.15, 0.2) is 59.5 Å². The third kappa shape index (κ3) is 3.98. The highest BCUT2D eigenvalue weighted by Gasteiger charge is 2.25. The number of halogens is 1. The van der Waals surface area contributed by atoms with Crippen molar-refractivity contribution in [3.05, 3.63) is 75.7 Å². The van der Waals surface area contributed by atoms with Crippen LogP contribution in [0.4, 0.5) is 0 Å². The Kier molecular flexibility index (Phi) is 5.18. The van der Waals surface area contributed by atoms with Crippen LogP contribution >= 0.6 is 11.6 Å². The van der Waals surface area contributed by atoms with Crippen LogP contribution in [0.3, 0.4) is 0 Å². The van der Waals surface area contributed by atoms with Crippen molar-refractivity contribution in [2.45, 2.75) is 0 Å². The van der Waals surface area contributed by atoms with E-state index in [2.05, 4.69) is 15.3 Å². The van der Waals surface area contributed by atoms with E-state index in [1.165, 1.54) is 4.68 Å². The largest absolute Gasteiger partial charge is 0.342 e. The number of nitrogens with zero attached hydrogens (tertiary/aromatic N) is 5. The van der Waals surface area contributed by atoms with Crippen LogP contribution in [0.1, 0.15) is 10.4 Å². The number of benzene rings is 2. The van der Waals surface area contributed by atoms with Crippen LogP contribution in [0, 0.1) is 0 Å². The zero-order chi connectivity index (χ0) is 23.1. The second-order valence-electron chi connectivity index (χ2n) is 7.88. The molecule has 2 aromatic heterocycles. The molecule has 2 aromatic carbocycles. The van der Waals surface area contributed by atoms with E-state index >= 15 is 0 Å². The number of fused-ring (bicyclic) bond motifs is 1. The number of nitrogens with one attached hydrogen (secondary N) is 1. The molecule has 0 bridgehead atoms. The normalized spacial score (nSPS) is 14.2. The van der Waals surface area contributed by atoms with Gasteiger partial charge in [0.15, 0.2) is 0 Å². The summed E-state index contributed by atoms with van der Waals surface area (Å²) >= 11 is 6.00. The Bertz CT molecular complexity index is 1440. The topological polar surface area (TPSA) is 104 Å². The van der Waals surface area contributed by atoms with Crippen molar-refractivity contribution in [2.24, 2.45) is 0 Å². The van der Waals surface area contributed by atoms with E-state index in [1.54, 1.807) is 65.5 Å². The van der Waals surface area contributed by atoms with Gasteiger partial charge in [-0.1, -0.05) is 22.9 Å². The summed E-state index contributed by atoms with van der Waals surface area (Å²) in [6.07, 6.45) is 1.66. The van der Waals surface area contributed by atoms with Gasteiger partial charge in [-0.3, -0.25) is 14.4 Å². The minimum atomic E-state index is -0.292. The second-order valence-corrected chi connectivity index (χ2v) is 8.32. The Balaban J connectivity index is 1.38. The molecular formula is C23H19ClN6O3. The minimum Gasteiger partial charge on any atom is -0.342 e. The number of aromatic nitrogens is 4. The molecule has 1 aliphatic heterocycles. The highest BCUT2D eigenvalue weighted by molar-refractivity contribution is 6.31. The molecule has 3 heterocycles. The van der Waals surface area contributed by atoms with Gasteiger partial charge in [0.1, 0.15) is 12.2 Å². The maximum absolute atomic E-state index is 12.7. The number of H-pyrrole nitrogens is 1. The van der Waals surface area contributed by atoms with E-state index in [-0.39, 0.29) is 23.9 Å². The first-order chi connectivity index (χ1) is 15.9. The fourth-order valence-corrected chi connectivity index (χ4v) is 3.92. The van der Waals surface area contributed by atoms with Gasteiger partial charge in [0.2, 0.25) is 5.91 Å². The Labute approximate surface area is 193 Å². The quantitative estimate of drug-likeness (QED) is 0.503. The lowest BCUT2D eigenvalue weighted by Crippen LogP contribution is -2.50. The molecule has 0 radical (unpaired) electrons. The van der Waals surface area contributed by atoms with E-state index in [1.807, 2.05) is 6.07 Å². The van der Waals surface area contributed by atoms with Crippen LogP contribution in [-0.2, 0) is 4.79 Å². The summed E-state index contributed by atoms with van der Waals surface area (Å²) in [5.74, 6) is -0.266. The van der Waals surface area contributed by atoms with Gasteiger partial charge in [0, 0.05) is 36.2 Å². The molecule has 0 unspecified atom stereocenters. The van der Waals surface area contributed by atoms with Gasteiger partial charge in [-0.05, 0) is 47.9 Å². The van der Waals surface area contributed by atoms with Gasteiger partial charge in [0.25, 0.3) is 11.5 Å². The van der Waals surface area contributed by atoms with Crippen molar-refractivity contribution in [3.8, 4) is 16.9 Å². The summed E-state index contributed by atoms with van der Waals surface area (Å²) in [7, 11) is 1.73. The zero-order valence-corrected chi connectivity index (χ0v) is 18.4. The number of hydrogen-bond acceptors (Lipinski definition) is 5. The van der Waals surface area contributed by atoms with Crippen LogP contribution in [0.5, 0.6) is 0 Å². The molecule has 0 spiro atoms. The van der Waals surface area contributed by atoms with E-state index in [9.17, 15) is 14.4 Å². The molecule has 5 rings (SSSR count). The Morgan fingerprint density at radius 3 is 2.61 bits per heavy atom. The first kappa shape index (κ1) is 20.9. The highest BCUT2D eigenvalue weighted by atomic mass is 35.5. The fourth-order valence-electron chi connectivity index (χ4n) is 3.75. The molecule has 166 valence electrons. The molecule has 1 aliphatic rings. The average Bonchev–Trinajstić information content (AvgIpc) is 3.30. The molecular weight excluding hydrogens is 444 g/mol. The van der Waals surface area contributed by atoms with Crippen molar-refractivity contribution in [2.75, 3.05) is 26.7 Å². The van der Waals surface area contributed by atoms with Crippen LogP contribution < -0.4 is 5.56 Å². The SMILES string of the molecule is CN1CCN(C(=O)c2ccc(-n3cc(-c4cc5ccc(Cl)cc5[nH]c4=O)nn3)cc2)CC1=O. The molecule has 0 saturated carbocycles. The van der Waals surface area contributed by atoms with Crippen molar-refractivity contribution in [1.82, 2.24) is 29.8 Å². The maximum Gasteiger partial charge on any atom is 0.258 e. The van der Waals surface area contributed by atoms with Crippen LogP contribution in [-0.4, -0.2) is 68.3 Å². The molecule has 1 fully saturated rings. The summed E-state index contributed by atoms with van der Waals surface area (Å²) in [6, 6.07) is 13.9. The number of piperazine rings is 1. The van der Waals surface area contributed by atoms with Crippen molar-refractivity contribution < 1.29 is 9.59 Å². The predicted octanol–water partition coefficient (Wildman–Crippen LogP) is 2.34. The first-order valence-corrected chi connectivity index (χ1v) is 10.7. The summed E-state index contributed by atoms with van der Waals surface area (Å²) in [5.41, 5.74) is 2.34. The van der Waals surface area contributed by atoms with Gasteiger partial charge in [-0.2, -0.15) is 0 Å². The molecule has 9 nitrogen and oxygen atoms in total. The minimum absolute atomic E-state index is 0.0758. The Morgan fingerprint density at radius 2 is 1.85 bits per heavy atom. The lowest BCUT2D eigenvalue weighted by Gasteiger charge is -2.32. The fraction of sp³-hybridized carbons (Fsp3) is 0.174. The number of rotatable bonds is 3. The predicted molar refractivity (Wildman–Crippen MR) is 123 cm³/mol. The van der Waals surface area contributed by atoms with Crippen LogP contribution in [0.2, 0.25) is 5.02 Å². The lowest BCUT2D eigenvalue weighted by molar-refractivity contribution is -0.133. The molecule has 0 aliphatic carbocycles. The molecule has 1 saturated heterocycles. The van der Waals surface area contributed by atoms with Crippen molar-refractivity contribution in [3.63, 3.8) is 0 Å². The first-order valence-electron chi connectivity index (χ1n) is 10.3. The zero-order valence-electron chi connectivity index (χ0n) is 17.7. The Hall–Kier alpha value is -3.98. The molecule has 4 aromatic rings. The summed E-state index contributed by atoms with van der Waals surface area (Å²) in [5, 5.41) is 9.64. The molecule has 33 heavy (non-hydrogen) atoms. The van der Waals surface area contributed by atoms with Crippen LogP contribution in [0.25, 0.3) is 27.8 Å². The number of amides is 2. The molecule has 1 N–H and O–H groups in total. The highest BCUT2D eigenvalue weighted by Crippen LogP contribution is 2.21. The van der Waals surface area contributed by atoms with E-state index in [4.69, 9.17) is 11.6 Å². The smallest absolute Gasteiger partial charge is 0.258 e. The summed E-state index contributed by atoms with van der Waals surface area (Å²) < 4.78 is 1.54. The van der Waals surface area contributed by atoms with Gasteiger partial charge in [-0.25, -0.2) is 4.68 Å². The lowest BCUT2D eigenvalue weighted by atomic mass is 10.1. The maximum atomic E-state index is 12.7. The van der Waals surface area contributed by atoms with E-state index < -0.39 is 0 Å². The number of carbonyl (C=O) groups is 2. The number of carbonyl (C=O) groups excluding carboxylic acids is 2. The van der Waals surface area contributed by atoms with E-state index in [0.717, 1.165) is 5.39 Å². The third-order valence-corrected chi connectivity index (χ3v) is 5.94. The number of aromatic amines is 1. The monoisotopic (exact) mass is 462 g/mol. The van der Waals surface area contributed by atoms with Gasteiger partial charge in [-0.15, -0.1) is 5.10 Å². The van der Waals surface area contributed by atoms with Gasteiger partial charge >= 0.3 is 0 Å². The second kappa shape index (κ2) is 8.18. The third-order valence-electron chi connectivity index (χ3n) is 5.70.